The number of hydrogen-bond acceptors (Lipinski definition) is 4. The largest absolute Gasteiger partial charge is 0.506 e. The molecule has 0 unspecified atom stereocenters. The van der Waals surface area contributed by atoms with E-state index in [9.17, 15) is 5.11 Å². The highest BCUT2D eigenvalue weighted by molar-refractivity contribution is 5.88. The van der Waals surface area contributed by atoms with Gasteiger partial charge in [0, 0.05) is 37.8 Å². The van der Waals surface area contributed by atoms with Gasteiger partial charge in [-0.3, -0.25) is 0 Å². The summed E-state index contributed by atoms with van der Waals surface area (Å²) in [7, 11) is 0. The minimum Gasteiger partial charge on any atom is -0.506 e. The molecule has 0 saturated carbocycles. The molecule has 0 bridgehead atoms. The molecule has 0 spiro atoms. The summed E-state index contributed by atoms with van der Waals surface area (Å²) < 4.78 is 7.73. The zero-order valence-electron chi connectivity index (χ0n) is 16.6. The predicted molar refractivity (Wildman–Crippen MR) is 117 cm³/mol. The normalized spacial score (nSPS) is 14.7. The van der Waals surface area contributed by atoms with Crippen LogP contribution >= 0.6 is 0 Å². The van der Waals surface area contributed by atoms with Gasteiger partial charge in [0.25, 0.3) is 0 Å². The van der Waals surface area contributed by atoms with Crippen LogP contribution in [0.5, 0.6) is 5.75 Å². The molecule has 148 valence electrons. The Morgan fingerprint density at radius 3 is 2.66 bits per heavy atom. The summed E-state index contributed by atoms with van der Waals surface area (Å²) in [6.45, 7) is 5.95. The van der Waals surface area contributed by atoms with Crippen molar-refractivity contribution in [2.45, 2.75) is 19.9 Å². The van der Waals surface area contributed by atoms with Gasteiger partial charge in [0.1, 0.15) is 17.1 Å². The van der Waals surface area contributed by atoms with Crippen LogP contribution in [0.1, 0.15) is 18.3 Å². The van der Waals surface area contributed by atoms with Crippen LogP contribution in [-0.2, 0) is 17.7 Å². The molecule has 0 radical (unpaired) electrons. The smallest absolute Gasteiger partial charge is 0.145 e. The first-order valence-corrected chi connectivity index (χ1v) is 10.3. The Bertz CT molecular complexity index is 1170. The Balaban J connectivity index is 1.64. The number of anilines is 1. The van der Waals surface area contributed by atoms with E-state index in [-0.39, 0.29) is 5.75 Å². The van der Waals surface area contributed by atoms with Crippen LogP contribution in [0.25, 0.3) is 21.8 Å². The minimum absolute atomic E-state index is 0.246. The molecule has 2 heterocycles. The zero-order chi connectivity index (χ0) is 19.8. The second kappa shape index (κ2) is 7.41. The second-order valence-electron chi connectivity index (χ2n) is 7.54. The molecule has 1 aliphatic rings. The third-order valence-electron chi connectivity index (χ3n) is 5.80. The summed E-state index contributed by atoms with van der Waals surface area (Å²) in [5, 5.41) is 13.2. The van der Waals surface area contributed by atoms with Gasteiger partial charge in [-0.1, -0.05) is 49.4 Å². The molecule has 3 aromatic carbocycles. The van der Waals surface area contributed by atoms with Gasteiger partial charge < -0.3 is 19.3 Å². The third kappa shape index (κ3) is 3.21. The summed E-state index contributed by atoms with van der Waals surface area (Å²) in [5.41, 5.74) is 3.95. The van der Waals surface area contributed by atoms with Gasteiger partial charge >= 0.3 is 0 Å². The lowest BCUT2D eigenvalue weighted by Crippen LogP contribution is -2.36. The van der Waals surface area contributed by atoms with Crippen molar-refractivity contribution in [3.8, 4) is 5.75 Å². The number of benzene rings is 3. The van der Waals surface area contributed by atoms with Crippen molar-refractivity contribution in [3.63, 3.8) is 0 Å². The van der Waals surface area contributed by atoms with Crippen molar-refractivity contribution in [2.75, 3.05) is 31.2 Å². The lowest BCUT2D eigenvalue weighted by atomic mass is 10.0. The van der Waals surface area contributed by atoms with Crippen LogP contribution in [0.4, 0.5) is 5.69 Å². The van der Waals surface area contributed by atoms with E-state index in [1.165, 1.54) is 16.3 Å². The van der Waals surface area contributed by atoms with Crippen molar-refractivity contribution < 1.29 is 9.84 Å². The number of morpholine rings is 1. The predicted octanol–water partition coefficient (Wildman–Crippen LogP) is 4.34. The summed E-state index contributed by atoms with van der Waals surface area (Å²) in [4.78, 5) is 7.03. The first-order valence-electron chi connectivity index (χ1n) is 10.3. The van der Waals surface area contributed by atoms with E-state index < -0.39 is 0 Å². The van der Waals surface area contributed by atoms with E-state index in [2.05, 4.69) is 64.9 Å². The Morgan fingerprint density at radius 1 is 1.03 bits per heavy atom. The molecular weight excluding hydrogens is 362 g/mol. The van der Waals surface area contributed by atoms with Gasteiger partial charge in [-0.05, 0) is 22.4 Å². The van der Waals surface area contributed by atoms with Crippen LogP contribution < -0.4 is 4.90 Å². The number of nitrogens with zero attached hydrogens (tertiary/aromatic N) is 3. The van der Waals surface area contributed by atoms with Crippen LogP contribution in [-0.4, -0.2) is 41.0 Å². The molecule has 1 aliphatic heterocycles. The molecule has 5 rings (SSSR count). The van der Waals surface area contributed by atoms with Crippen LogP contribution in [0.15, 0.2) is 54.6 Å². The first-order chi connectivity index (χ1) is 14.2. The fourth-order valence-corrected chi connectivity index (χ4v) is 4.29. The van der Waals surface area contributed by atoms with Crippen LogP contribution in [0.2, 0.25) is 0 Å². The van der Waals surface area contributed by atoms with Gasteiger partial charge in [-0.2, -0.15) is 0 Å². The van der Waals surface area contributed by atoms with Gasteiger partial charge in [-0.15, -0.1) is 0 Å². The first kappa shape index (κ1) is 18.0. The van der Waals surface area contributed by atoms with Crippen molar-refractivity contribution in [1.29, 1.82) is 0 Å². The lowest BCUT2D eigenvalue weighted by Gasteiger charge is -2.29. The number of rotatable bonds is 4. The van der Waals surface area contributed by atoms with Gasteiger partial charge in [0.05, 0.1) is 18.7 Å². The van der Waals surface area contributed by atoms with Crippen LogP contribution in [0.3, 0.4) is 0 Å². The highest BCUT2D eigenvalue weighted by atomic mass is 16.5. The number of hydrogen-bond donors (Lipinski definition) is 1. The van der Waals surface area contributed by atoms with E-state index in [1.807, 2.05) is 6.07 Å². The Hall–Kier alpha value is -3.05. The molecule has 0 amide bonds. The molecule has 1 aromatic heterocycles. The van der Waals surface area contributed by atoms with Crippen LogP contribution in [0, 0.1) is 0 Å². The quantitative estimate of drug-likeness (QED) is 0.566. The average molecular weight is 387 g/mol. The maximum Gasteiger partial charge on any atom is 0.145 e. The van der Waals surface area contributed by atoms with Crippen molar-refractivity contribution in [3.05, 3.63) is 66.0 Å². The number of ether oxygens (including phenoxy) is 1. The molecule has 1 fully saturated rings. The number of imidazole rings is 1. The molecule has 5 heteroatoms. The van der Waals surface area contributed by atoms with Crippen molar-refractivity contribution in [2.24, 2.45) is 0 Å². The Morgan fingerprint density at radius 2 is 1.83 bits per heavy atom. The molecule has 0 aliphatic carbocycles. The maximum absolute atomic E-state index is 10.7. The summed E-state index contributed by atoms with van der Waals surface area (Å²) in [6, 6.07) is 18.9. The molecule has 4 aromatic rings. The number of aromatic hydroxyl groups is 1. The topological polar surface area (TPSA) is 50.5 Å². The number of phenolic OH excluding ortho intramolecular Hbond substituents is 1. The monoisotopic (exact) mass is 387 g/mol. The SMILES string of the molecule is CCc1nc2c(O)cc(N3CCOCC3)cc2n1Cc1cccc2ccccc12. The fourth-order valence-electron chi connectivity index (χ4n) is 4.29. The number of fused-ring (bicyclic) bond motifs is 2. The molecule has 29 heavy (non-hydrogen) atoms. The van der Waals surface area contributed by atoms with Gasteiger partial charge in [0.15, 0.2) is 0 Å². The van der Waals surface area contributed by atoms with Crippen molar-refractivity contribution >= 4 is 27.5 Å². The van der Waals surface area contributed by atoms with Crippen molar-refractivity contribution in [1.82, 2.24) is 9.55 Å². The van der Waals surface area contributed by atoms with E-state index in [1.54, 1.807) is 0 Å². The Kier molecular flexibility index (Phi) is 4.60. The standard InChI is InChI=1S/C24H25N3O2/c1-2-23-25-24-21(14-19(15-22(24)28)26-10-12-29-13-11-26)27(23)16-18-8-5-7-17-6-3-4-9-20(17)18/h3-9,14-15,28H,2,10-13,16H2,1H3. The molecule has 1 saturated heterocycles. The highest BCUT2D eigenvalue weighted by Gasteiger charge is 2.18. The maximum atomic E-state index is 10.7. The molecule has 0 atom stereocenters. The molecule has 1 N–H and O–H groups in total. The Labute approximate surface area is 170 Å². The minimum atomic E-state index is 0.246. The third-order valence-corrected chi connectivity index (χ3v) is 5.80. The van der Waals surface area contributed by atoms with Gasteiger partial charge in [-0.25, -0.2) is 4.98 Å². The van der Waals surface area contributed by atoms with E-state index >= 15 is 0 Å². The number of aryl methyl sites for hydroxylation is 1. The zero-order valence-corrected chi connectivity index (χ0v) is 16.6. The summed E-state index contributed by atoms with van der Waals surface area (Å²) in [6.07, 6.45) is 0.811. The van der Waals surface area contributed by atoms with Gasteiger partial charge in [0.2, 0.25) is 0 Å². The number of phenols is 1. The van der Waals surface area contributed by atoms with E-state index in [0.29, 0.717) is 18.7 Å². The fraction of sp³-hybridized carbons (Fsp3) is 0.292. The summed E-state index contributed by atoms with van der Waals surface area (Å²) >= 11 is 0. The number of aromatic nitrogens is 2. The second-order valence-corrected chi connectivity index (χ2v) is 7.54. The summed E-state index contributed by atoms with van der Waals surface area (Å²) in [5.74, 6) is 1.23. The molecule has 5 nitrogen and oxygen atoms in total. The van der Waals surface area contributed by atoms with E-state index in [0.717, 1.165) is 43.1 Å². The lowest BCUT2D eigenvalue weighted by molar-refractivity contribution is 0.122. The average Bonchev–Trinajstić information content (AvgIpc) is 3.13. The van der Waals surface area contributed by atoms with E-state index in [4.69, 9.17) is 9.72 Å². The molecular formula is C24H25N3O2. The highest BCUT2D eigenvalue weighted by Crippen LogP contribution is 2.33.